The van der Waals surface area contributed by atoms with Crippen LogP contribution in [0.2, 0.25) is 0 Å². The molecule has 2 fully saturated rings. The van der Waals surface area contributed by atoms with Crippen molar-refractivity contribution in [3.05, 3.63) is 48.2 Å². The van der Waals surface area contributed by atoms with Gasteiger partial charge >= 0.3 is 0 Å². The number of carbonyl (C=O) groups is 2. The summed E-state index contributed by atoms with van der Waals surface area (Å²) >= 11 is 0. The van der Waals surface area contributed by atoms with Gasteiger partial charge in [-0.3, -0.25) is 19.5 Å². The number of amides is 2. The monoisotopic (exact) mass is 368 g/mol. The Bertz CT molecular complexity index is 850. The van der Waals surface area contributed by atoms with Gasteiger partial charge in [-0.15, -0.1) is 0 Å². The standard InChI is InChI=1S/C20H24N4O3/c1-15-5-6-18(27-15)11-22-9-7-20(13-22)14-23(17-4-3-8-21-10-17)19(26)12-24(20)16(2)25/h3-6,8,10H,7,9,11-14H2,1-2H3/t20-/m1/s1. The third-order valence-corrected chi connectivity index (χ3v) is 5.54. The number of carbonyl (C=O) groups excluding carboxylic acids is 2. The molecule has 1 atom stereocenters. The molecular weight excluding hydrogens is 344 g/mol. The van der Waals surface area contributed by atoms with E-state index in [0.717, 1.165) is 36.7 Å². The first-order chi connectivity index (χ1) is 13.0. The maximum atomic E-state index is 12.7. The topological polar surface area (TPSA) is 69.9 Å². The van der Waals surface area contributed by atoms with Gasteiger partial charge in [0.05, 0.1) is 30.5 Å². The van der Waals surface area contributed by atoms with Crippen molar-refractivity contribution in [3.8, 4) is 0 Å². The average molecular weight is 368 g/mol. The molecule has 0 N–H and O–H groups in total. The minimum atomic E-state index is -0.378. The molecule has 7 nitrogen and oxygen atoms in total. The summed E-state index contributed by atoms with van der Waals surface area (Å²) in [5, 5.41) is 0. The zero-order valence-electron chi connectivity index (χ0n) is 15.7. The van der Waals surface area contributed by atoms with Gasteiger partial charge < -0.3 is 14.2 Å². The van der Waals surface area contributed by atoms with Crippen LogP contribution in [-0.4, -0.2) is 58.3 Å². The molecule has 27 heavy (non-hydrogen) atoms. The number of pyridine rings is 1. The Labute approximate surface area is 158 Å². The Balaban J connectivity index is 1.58. The Kier molecular flexibility index (Phi) is 4.47. The summed E-state index contributed by atoms with van der Waals surface area (Å²) < 4.78 is 5.71. The lowest BCUT2D eigenvalue weighted by atomic mass is 9.92. The molecule has 142 valence electrons. The van der Waals surface area contributed by atoms with Gasteiger partial charge in [-0.1, -0.05) is 0 Å². The number of likely N-dealkylation sites (tertiary alicyclic amines) is 1. The average Bonchev–Trinajstić information content (AvgIpc) is 3.24. The first-order valence-electron chi connectivity index (χ1n) is 9.23. The summed E-state index contributed by atoms with van der Waals surface area (Å²) in [6.07, 6.45) is 4.22. The Morgan fingerprint density at radius 2 is 2.15 bits per heavy atom. The fraction of sp³-hybridized carbons (Fsp3) is 0.450. The number of hydrogen-bond acceptors (Lipinski definition) is 5. The maximum Gasteiger partial charge on any atom is 0.246 e. The van der Waals surface area contributed by atoms with E-state index in [2.05, 4.69) is 9.88 Å². The Morgan fingerprint density at radius 3 is 2.81 bits per heavy atom. The van der Waals surface area contributed by atoms with Crippen LogP contribution in [0.3, 0.4) is 0 Å². The molecule has 2 saturated heterocycles. The van der Waals surface area contributed by atoms with Crippen LogP contribution in [0.4, 0.5) is 5.69 Å². The third-order valence-electron chi connectivity index (χ3n) is 5.54. The summed E-state index contributed by atoms with van der Waals surface area (Å²) in [6, 6.07) is 7.68. The lowest BCUT2D eigenvalue weighted by Gasteiger charge is -2.48. The van der Waals surface area contributed by atoms with Gasteiger partial charge in [-0.25, -0.2) is 0 Å². The molecule has 0 bridgehead atoms. The summed E-state index contributed by atoms with van der Waals surface area (Å²) in [6.45, 7) is 6.37. The molecular formula is C20H24N4O3. The van der Waals surface area contributed by atoms with Crippen molar-refractivity contribution in [1.29, 1.82) is 0 Å². The predicted octanol–water partition coefficient (Wildman–Crippen LogP) is 1.82. The van der Waals surface area contributed by atoms with Gasteiger partial charge in [-0.2, -0.15) is 0 Å². The summed E-state index contributed by atoms with van der Waals surface area (Å²) in [7, 11) is 0. The van der Waals surface area contributed by atoms with Crippen LogP contribution in [0.5, 0.6) is 0 Å². The highest BCUT2D eigenvalue weighted by atomic mass is 16.3. The van der Waals surface area contributed by atoms with Crippen LogP contribution >= 0.6 is 0 Å². The molecule has 2 aromatic rings. The number of piperazine rings is 1. The lowest BCUT2D eigenvalue weighted by molar-refractivity contribution is -0.142. The highest BCUT2D eigenvalue weighted by Gasteiger charge is 2.50. The van der Waals surface area contributed by atoms with Gasteiger partial charge in [0.2, 0.25) is 11.8 Å². The molecule has 0 aromatic carbocycles. The summed E-state index contributed by atoms with van der Waals surface area (Å²) in [5.74, 6) is 1.71. The second-order valence-corrected chi connectivity index (χ2v) is 7.49. The fourth-order valence-electron chi connectivity index (χ4n) is 4.27. The van der Waals surface area contributed by atoms with Crippen molar-refractivity contribution in [2.45, 2.75) is 32.4 Å². The van der Waals surface area contributed by atoms with Gasteiger partial charge in [0.25, 0.3) is 0 Å². The van der Waals surface area contributed by atoms with E-state index in [0.29, 0.717) is 13.1 Å². The Hall–Kier alpha value is -2.67. The quantitative estimate of drug-likeness (QED) is 0.827. The van der Waals surface area contributed by atoms with Crippen molar-refractivity contribution in [2.24, 2.45) is 0 Å². The first-order valence-corrected chi connectivity index (χ1v) is 9.23. The number of hydrogen-bond donors (Lipinski definition) is 0. The highest BCUT2D eigenvalue weighted by molar-refractivity contribution is 5.98. The highest BCUT2D eigenvalue weighted by Crippen LogP contribution is 2.35. The van der Waals surface area contributed by atoms with Gasteiger partial charge in [0, 0.05) is 26.2 Å². The molecule has 2 aliphatic rings. The third kappa shape index (κ3) is 3.35. The largest absolute Gasteiger partial charge is 0.465 e. The van der Waals surface area contributed by atoms with E-state index in [1.54, 1.807) is 29.1 Å². The molecule has 2 amide bonds. The van der Waals surface area contributed by atoms with E-state index in [4.69, 9.17) is 4.42 Å². The second-order valence-electron chi connectivity index (χ2n) is 7.49. The zero-order valence-corrected chi connectivity index (χ0v) is 15.7. The van der Waals surface area contributed by atoms with E-state index in [1.165, 1.54) is 0 Å². The molecule has 1 spiro atoms. The minimum Gasteiger partial charge on any atom is -0.465 e. The smallest absolute Gasteiger partial charge is 0.246 e. The van der Waals surface area contributed by atoms with Gasteiger partial charge in [0.1, 0.15) is 18.1 Å². The van der Waals surface area contributed by atoms with E-state index >= 15 is 0 Å². The zero-order chi connectivity index (χ0) is 19.0. The molecule has 0 saturated carbocycles. The van der Waals surface area contributed by atoms with Crippen LogP contribution < -0.4 is 4.90 Å². The van der Waals surface area contributed by atoms with Crippen molar-refractivity contribution in [1.82, 2.24) is 14.8 Å². The molecule has 2 aliphatic heterocycles. The number of rotatable bonds is 3. The number of nitrogens with zero attached hydrogens (tertiary/aromatic N) is 4. The van der Waals surface area contributed by atoms with Crippen LogP contribution in [0, 0.1) is 6.92 Å². The van der Waals surface area contributed by atoms with E-state index in [1.807, 2.05) is 31.2 Å². The van der Waals surface area contributed by atoms with Crippen LogP contribution in [0.1, 0.15) is 24.9 Å². The van der Waals surface area contributed by atoms with Crippen LogP contribution in [-0.2, 0) is 16.1 Å². The fourth-order valence-corrected chi connectivity index (χ4v) is 4.27. The normalized spacial score (nSPS) is 23.4. The van der Waals surface area contributed by atoms with Crippen molar-refractivity contribution in [2.75, 3.05) is 31.1 Å². The SMILES string of the molecule is CC(=O)N1CC(=O)N(c2cccnc2)C[C@]12CCN(Cc1ccc(C)o1)C2. The van der Waals surface area contributed by atoms with Crippen molar-refractivity contribution < 1.29 is 14.0 Å². The van der Waals surface area contributed by atoms with E-state index in [-0.39, 0.29) is 23.9 Å². The van der Waals surface area contributed by atoms with Crippen LogP contribution in [0.15, 0.2) is 41.1 Å². The van der Waals surface area contributed by atoms with E-state index in [9.17, 15) is 9.59 Å². The number of anilines is 1. The van der Waals surface area contributed by atoms with Gasteiger partial charge in [0.15, 0.2) is 0 Å². The first kappa shape index (κ1) is 17.7. The molecule has 0 unspecified atom stereocenters. The molecule has 4 rings (SSSR count). The van der Waals surface area contributed by atoms with E-state index < -0.39 is 0 Å². The Morgan fingerprint density at radius 1 is 1.30 bits per heavy atom. The number of furan rings is 1. The van der Waals surface area contributed by atoms with Crippen molar-refractivity contribution in [3.63, 3.8) is 0 Å². The minimum absolute atomic E-state index is 0.0510. The number of aromatic nitrogens is 1. The van der Waals surface area contributed by atoms with Crippen LogP contribution in [0.25, 0.3) is 0 Å². The molecule has 0 aliphatic carbocycles. The second kappa shape index (κ2) is 6.81. The molecule has 7 heteroatoms. The number of aryl methyl sites for hydroxylation is 1. The molecule has 0 radical (unpaired) electrons. The van der Waals surface area contributed by atoms with Crippen molar-refractivity contribution >= 4 is 17.5 Å². The lowest BCUT2D eigenvalue weighted by Crippen LogP contribution is -2.66. The predicted molar refractivity (Wildman–Crippen MR) is 100 cm³/mol. The molecule has 4 heterocycles. The summed E-state index contributed by atoms with van der Waals surface area (Å²) in [4.78, 5) is 35.0. The molecule has 2 aromatic heterocycles. The van der Waals surface area contributed by atoms with Gasteiger partial charge in [-0.05, 0) is 37.6 Å². The maximum absolute atomic E-state index is 12.7. The summed E-state index contributed by atoms with van der Waals surface area (Å²) in [5.41, 5.74) is 0.405.